The average molecular weight is 361 g/mol. The summed E-state index contributed by atoms with van der Waals surface area (Å²) in [7, 11) is 1.89. The molecule has 0 unspecified atom stereocenters. The molecule has 6 heteroatoms. The van der Waals surface area contributed by atoms with E-state index in [0.29, 0.717) is 17.3 Å². The van der Waals surface area contributed by atoms with Crippen molar-refractivity contribution in [1.82, 2.24) is 20.1 Å². The maximum Gasteiger partial charge on any atom is 0.253 e. The molecule has 1 atom stereocenters. The van der Waals surface area contributed by atoms with Crippen molar-refractivity contribution in [3.8, 4) is 11.4 Å². The summed E-state index contributed by atoms with van der Waals surface area (Å²) in [4.78, 5) is 21.1. The molecule has 0 aliphatic carbocycles. The fourth-order valence-corrected chi connectivity index (χ4v) is 3.66. The van der Waals surface area contributed by atoms with Gasteiger partial charge >= 0.3 is 0 Å². The number of carbonyl (C=O) groups is 1. The smallest absolute Gasteiger partial charge is 0.253 e. The van der Waals surface area contributed by atoms with Crippen LogP contribution in [-0.2, 0) is 0 Å². The van der Waals surface area contributed by atoms with Crippen LogP contribution in [0.2, 0.25) is 0 Å². The third-order valence-corrected chi connectivity index (χ3v) is 5.11. The van der Waals surface area contributed by atoms with Crippen LogP contribution in [0.4, 0.5) is 5.69 Å². The monoisotopic (exact) mass is 361 g/mol. The highest BCUT2D eigenvalue weighted by Gasteiger charge is 2.25. The highest BCUT2D eigenvalue weighted by atomic mass is 16.2. The van der Waals surface area contributed by atoms with E-state index in [2.05, 4.69) is 44.3 Å². The predicted octanol–water partition coefficient (Wildman–Crippen LogP) is 3.07. The second kappa shape index (κ2) is 7.61. The first-order chi connectivity index (χ1) is 13.2. The fraction of sp³-hybridized carbons (Fsp3) is 0.286. The highest BCUT2D eigenvalue weighted by molar-refractivity contribution is 5.94. The Morgan fingerprint density at radius 1 is 1.19 bits per heavy atom. The van der Waals surface area contributed by atoms with Gasteiger partial charge in [-0.1, -0.05) is 30.3 Å². The Hall–Kier alpha value is -3.15. The lowest BCUT2D eigenvalue weighted by atomic mass is 10.1. The van der Waals surface area contributed by atoms with Gasteiger partial charge in [0.05, 0.1) is 0 Å². The summed E-state index contributed by atoms with van der Waals surface area (Å²) in [5.74, 6) is 1.25. The minimum atomic E-state index is 0.0530. The van der Waals surface area contributed by atoms with Crippen LogP contribution >= 0.6 is 0 Å². The summed E-state index contributed by atoms with van der Waals surface area (Å²) in [5.41, 5.74) is 2.87. The van der Waals surface area contributed by atoms with Gasteiger partial charge < -0.3 is 9.80 Å². The van der Waals surface area contributed by atoms with Crippen molar-refractivity contribution in [2.24, 2.45) is 5.92 Å². The average Bonchev–Trinajstić information content (AvgIpc) is 3.40. The van der Waals surface area contributed by atoms with Crippen LogP contribution in [0.1, 0.15) is 16.8 Å². The van der Waals surface area contributed by atoms with Gasteiger partial charge in [-0.15, -0.1) is 0 Å². The van der Waals surface area contributed by atoms with E-state index in [1.807, 2.05) is 42.3 Å². The van der Waals surface area contributed by atoms with E-state index in [1.165, 1.54) is 12.0 Å². The van der Waals surface area contributed by atoms with Gasteiger partial charge in [-0.25, -0.2) is 4.98 Å². The molecule has 1 aliphatic heterocycles. The van der Waals surface area contributed by atoms with E-state index in [9.17, 15) is 4.79 Å². The Morgan fingerprint density at radius 3 is 2.67 bits per heavy atom. The Morgan fingerprint density at radius 2 is 1.96 bits per heavy atom. The number of amides is 1. The number of para-hydroxylation sites is 1. The third kappa shape index (κ3) is 3.84. The zero-order valence-electron chi connectivity index (χ0n) is 15.4. The summed E-state index contributed by atoms with van der Waals surface area (Å²) in [6, 6.07) is 18.0. The summed E-state index contributed by atoms with van der Waals surface area (Å²) in [5, 5.41) is 6.68. The fourth-order valence-electron chi connectivity index (χ4n) is 3.66. The molecule has 2 aromatic carbocycles. The van der Waals surface area contributed by atoms with Crippen molar-refractivity contribution in [2.45, 2.75) is 6.42 Å². The van der Waals surface area contributed by atoms with E-state index < -0.39 is 0 Å². The third-order valence-electron chi connectivity index (χ3n) is 5.11. The van der Waals surface area contributed by atoms with Gasteiger partial charge in [-0.3, -0.25) is 9.89 Å². The quantitative estimate of drug-likeness (QED) is 0.758. The largest absolute Gasteiger partial charge is 0.371 e. The number of rotatable bonds is 5. The van der Waals surface area contributed by atoms with Crippen molar-refractivity contribution < 1.29 is 4.79 Å². The lowest BCUT2D eigenvalue weighted by Gasteiger charge is -2.23. The molecule has 1 saturated heterocycles. The molecule has 1 amide bonds. The van der Waals surface area contributed by atoms with Gasteiger partial charge in [0.2, 0.25) is 0 Å². The molecule has 138 valence electrons. The molecule has 0 spiro atoms. The van der Waals surface area contributed by atoms with Gasteiger partial charge in [0.1, 0.15) is 6.33 Å². The number of hydrogen-bond donors (Lipinski definition) is 1. The molecule has 2 heterocycles. The molecule has 1 N–H and O–H groups in total. The first kappa shape index (κ1) is 17.3. The summed E-state index contributed by atoms with van der Waals surface area (Å²) in [6.07, 6.45) is 2.58. The second-order valence-electron chi connectivity index (χ2n) is 7.03. The molecule has 1 fully saturated rings. The summed E-state index contributed by atoms with van der Waals surface area (Å²) >= 11 is 0. The Kier molecular flexibility index (Phi) is 4.87. The van der Waals surface area contributed by atoms with Crippen LogP contribution in [0.15, 0.2) is 60.9 Å². The maximum atomic E-state index is 12.8. The van der Waals surface area contributed by atoms with Crippen LogP contribution in [0.25, 0.3) is 11.4 Å². The van der Waals surface area contributed by atoms with E-state index in [-0.39, 0.29) is 5.91 Å². The molecule has 27 heavy (non-hydrogen) atoms. The van der Waals surface area contributed by atoms with E-state index in [4.69, 9.17) is 0 Å². The second-order valence-corrected chi connectivity index (χ2v) is 7.03. The molecule has 3 aromatic rings. The van der Waals surface area contributed by atoms with Crippen molar-refractivity contribution in [2.75, 3.05) is 31.6 Å². The number of nitrogens with zero attached hydrogens (tertiary/aromatic N) is 4. The van der Waals surface area contributed by atoms with Gasteiger partial charge in [0, 0.05) is 43.5 Å². The van der Waals surface area contributed by atoms with Gasteiger partial charge in [-0.2, -0.15) is 5.10 Å². The molecule has 0 radical (unpaired) electrons. The number of carbonyl (C=O) groups excluding carboxylic acids is 1. The first-order valence-corrected chi connectivity index (χ1v) is 9.22. The SMILES string of the molecule is CN(C[C@H]1CCN(c2ccccc2)C1)C(=O)c1ccc(-c2ncn[nH]2)cc1. The summed E-state index contributed by atoms with van der Waals surface area (Å²) < 4.78 is 0. The molecule has 6 nitrogen and oxygen atoms in total. The Labute approximate surface area is 158 Å². The van der Waals surface area contributed by atoms with Crippen molar-refractivity contribution in [1.29, 1.82) is 0 Å². The molecule has 0 saturated carbocycles. The normalized spacial score (nSPS) is 16.5. The van der Waals surface area contributed by atoms with Crippen LogP contribution in [0, 0.1) is 5.92 Å². The molecular formula is C21H23N5O. The van der Waals surface area contributed by atoms with E-state index in [0.717, 1.165) is 31.6 Å². The number of aromatic nitrogens is 3. The number of anilines is 1. The van der Waals surface area contributed by atoms with Crippen molar-refractivity contribution in [3.63, 3.8) is 0 Å². The molecular weight excluding hydrogens is 338 g/mol. The Balaban J connectivity index is 1.35. The number of nitrogens with one attached hydrogen (secondary N) is 1. The summed E-state index contributed by atoms with van der Waals surface area (Å²) in [6.45, 7) is 2.81. The minimum absolute atomic E-state index is 0.0530. The standard InChI is InChI=1S/C21H23N5O/c1-25(13-16-11-12-26(14-16)19-5-3-2-4-6-19)21(27)18-9-7-17(8-10-18)20-22-15-23-24-20/h2-10,15-16H,11-14H2,1H3,(H,22,23,24)/t16-/m1/s1. The molecule has 0 bridgehead atoms. The lowest BCUT2D eigenvalue weighted by Crippen LogP contribution is -2.33. The number of hydrogen-bond acceptors (Lipinski definition) is 4. The van der Waals surface area contributed by atoms with E-state index in [1.54, 1.807) is 0 Å². The van der Waals surface area contributed by atoms with Gasteiger partial charge in [0.15, 0.2) is 5.82 Å². The van der Waals surface area contributed by atoms with Crippen LogP contribution in [-0.4, -0.2) is 52.7 Å². The molecule has 4 rings (SSSR count). The van der Waals surface area contributed by atoms with E-state index >= 15 is 0 Å². The van der Waals surface area contributed by atoms with Gasteiger partial charge in [-0.05, 0) is 36.6 Å². The van der Waals surface area contributed by atoms with Crippen LogP contribution < -0.4 is 4.90 Å². The number of H-pyrrole nitrogens is 1. The minimum Gasteiger partial charge on any atom is -0.371 e. The van der Waals surface area contributed by atoms with Gasteiger partial charge in [0.25, 0.3) is 5.91 Å². The molecule has 1 aliphatic rings. The maximum absolute atomic E-state index is 12.8. The first-order valence-electron chi connectivity index (χ1n) is 9.22. The number of aromatic amines is 1. The van der Waals surface area contributed by atoms with Crippen LogP contribution in [0.3, 0.4) is 0 Å². The van der Waals surface area contributed by atoms with Crippen LogP contribution in [0.5, 0.6) is 0 Å². The van der Waals surface area contributed by atoms with Crippen molar-refractivity contribution in [3.05, 3.63) is 66.5 Å². The topological polar surface area (TPSA) is 65.1 Å². The zero-order chi connectivity index (χ0) is 18.6. The lowest BCUT2D eigenvalue weighted by molar-refractivity contribution is 0.0776. The predicted molar refractivity (Wildman–Crippen MR) is 106 cm³/mol. The molecule has 1 aromatic heterocycles. The highest BCUT2D eigenvalue weighted by Crippen LogP contribution is 2.24. The number of benzene rings is 2. The zero-order valence-corrected chi connectivity index (χ0v) is 15.4. The Bertz CT molecular complexity index is 877. The van der Waals surface area contributed by atoms with Crippen molar-refractivity contribution >= 4 is 11.6 Å².